The average Bonchev–Trinajstić information content (AvgIpc) is 2.41. The van der Waals surface area contributed by atoms with Crippen LogP contribution in [0.1, 0.15) is 46.5 Å². The molecule has 0 radical (unpaired) electrons. The lowest BCUT2D eigenvalue weighted by molar-refractivity contribution is 0.148. The summed E-state index contributed by atoms with van der Waals surface area (Å²) < 4.78 is 0. The first kappa shape index (κ1) is 13.3. The quantitative estimate of drug-likeness (QED) is 0.674. The van der Waals surface area contributed by atoms with E-state index in [0.717, 1.165) is 32.5 Å². The Morgan fingerprint density at radius 1 is 1.12 bits per heavy atom. The van der Waals surface area contributed by atoms with Crippen LogP contribution in [0.5, 0.6) is 0 Å². The fourth-order valence-electron chi connectivity index (χ4n) is 2.28. The summed E-state index contributed by atoms with van der Waals surface area (Å²) in [5.41, 5.74) is 0.177. The molecule has 1 rings (SSSR count). The van der Waals surface area contributed by atoms with E-state index in [1.165, 1.54) is 12.8 Å². The van der Waals surface area contributed by atoms with Crippen LogP contribution in [-0.2, 0) is 0 Å². The maximum absolute atomic E-state index is 12.2. The van der Waals surface area contributed by atoms with Crippen molar-refractivity contribution in [3.63, 3.8) is 0 Å². The summed E-state index contributed by atoms with van der Waals surface area (Å²) in [6.07, 6.45) is 4.86. The van der Waals surface area contributed by atoms with Gasteiger partial charge < -0.3 is 9.80 Å². The van der Waals surface area contributed by atoms with E-state index in [-0.39, 0.29) is 11.4 Å². The predicted molar refractivity (Wildman–Crippen MR) is 67.5 cm³/mol. The van der Waals surface area contributed by atoms with Crippen LogP contribution in [0.4, 0.5) is 4.79 Å². The van der Waals surface area contributed by atoms with Crippen molar-refractivity contribution in [1.29, 1.82) is 0 Å². The standard InChI is InChI=1S/C13H26N2O/c1-13(2,3)11-14(4)12(16)15-9-7-5-6-8-10-15/h5-11H2,1-4H3. The molecular formula is C13H26N2O. The van der Waals surface area contributed by atoms with Crippen molar-refractivity contribution in [2.24, 2.45) is 5.41 Å². The Bertz CT molecular complexity index is 225. The molecule has 3 nitrogen and oxygen atoms in total. The van der Waals surface area contributed by atoms with Gasteiger partial charge in [-0.25, -0.2) is 4.79 Å². The van der Waals surface area contributed by atoms with Gasteiger partial charge in [0.2, 0.25) is 0 Å². The van der Waals surface area contributed by atoms with E-state index in [1.807, 2.05) is 16.8 Å². The zero-order valence-corrected chi connectivity index (χ0v) is 11.3. The summed E-state index contributed by atoms with van der Waals surface area (Å²) in [5, 5.41) is 0. The number of nitrogens with zero attached hydrogens (tertiary/aromatic N) is 2. The molecule has 1 fully saturated rings. The van der Waals surface area contributed by atoms with Gasteiger partial charge in [-0.05, 0) is 18.3 Å². The molecule has 94 valence electrons. The third-order valence-electron chi connectivity index (χ3n) is 2.91. The molecule has 0 atom stereocenters. The molecule has 0 saturated carbocycles. The van der Waals surface area contributed by atoms with Crippen LogP contribution in [0.2, 0.25) is 0 Å². The van der Waals surface area contributed by atoms with Crippen molar-refractivity contribution >= 4 is 6.03 Å². The highest BCUT2D eigenvalue weighted by atomic mass is 16.2. The van der Waals surface area contributed by atoms with Gasteiger partial charge in [-0.3, -0.25) is 0 Å². The summed E-state index contributed by atoms with van der Waals surface area (Å²) >= 11 is 0. The van der Waals surface area contributed by atoms with Crippen molar-refractivity contribution in [2.75, 3.05) is 26.7 Å². The van der Waals surface area contributed by atoms with Gasteiger partial charge in [0, 0.05) is 26.7 Å². The van der Waals surface area contributed by atoms with Crippen molar-refractivity contribution in [1.82, 2.24) is 9.80 Å². The second kappa shape index (κ2) is 5.55. The highest BCUT2D eigenvalue weighted by molar-refractivity contribution is 5.74. The molecule has 0 unspecified atom stereocenters. The van der Waals surface area contributed by atoms with Crippen molar-refractivity contribution in [3.8, 4) is 0 Å². The second-order valence-electron chi connectivity index (χ2n) is 6.10. The van der Waals surface area contributed by atoms with Gasteiger partial charge in [0.05, 0.1) is 0 Å². The maximum atomic E-state index is 12.2. The topological polar surface area (TPSA) is 23.6 Å². The Labute approximate surface area is 99.8 Å². The van der Waals surface area contributed by atoms with Crippen LogP contribution in [-0.4, -0.2) is 42.5 Å². The fraction of sp³-hybridized carbons (Fsp3) is 0.923. The molecule has 3 heteroatoms. The first-order chi connectivity index (χ1) is 7.40. The molecule has 0 bridgehead atoms. The summed E-state index contributed by atoms with van der Waals surface area (Å²) in [6.45, 7) is 9.20. The minimum absolute atomic E-state index is 0.177. The van der Waals surface area contributed by atoms with E-state index >= 15 is 0 Å². The van der Waals surface area contributed by atoms with Crippen LogP contribution in [0.25, 0.3) is 0 Å². The van der Waals surface area contributed by atoms with E-state index in [9.17, 15) is 4.79 Å². The van der Waals surface area contributed by atoms with Crippen LogP contribution >= 0.6 is 0 Å². The number of rotatable bonds is 1. The predicted octanol–water partition coefficient (Wildman–Crippen LogP) is 2.96. The third kappa shape index (κ3) is 4.42. The number of amides is 2. The van der Waals surface area contributed by atoms with Crippen LogP contribution < -0.4 is 0 Å². The first-order valence-electron chi connectivity index (χ1n) is 6.40. The highest BCUT2D eigenvalue weighted by Crippen LogP contribution is 2.16. The lowest BCUT2D eigenvalue weighted by Gasteiger charge is -2.31. The lowest BCUT2D eigenvalue weighted by atomic mass is 9.96. The number of carbonyl (C=O) groups is 1. The maximum Gasteiger partial charge on any atom is 0.319 e. The monoisotopic (exact) mass is 226 g/mol. The Morgan fingerprint density at radius 2 is 1.62 bits per heavy atom. The average molecular weight is 226 g/mol. The zero-order valence-electron chi connectivity index (χ0n) is 11.3. The van der Waals surface area contributed by atoms with Gasteiger partial charge in [0.15, 0.2) is 0 Å². The van der Waals surface area contributed by atoms with E-state index < -0.39 is 0 Å². The first-order valence-corrected chi connectivity index (χ1v) is 6.40. The molecule has 0 aromatic rings. The SMILES string of the molecule is CN(CC(C)(C)C)C(=O)N1CCCCCC1. The number of urea groups is 1. The normalized spacial score (nSPS) is 18.1. The van der Waals surface area contributed by atoms with Gasteiger partial charge >= 0.3 is 6.03 Å². The Kier molecular flexibility index (Phi) is 4.63. The van der Waals surface area contributed by atoms with Crippen LogP contribution in [0.3, 0.4) is 0 Å². The molecule has 0 N–H and O–H groups in total. The molecule has 16 heavy (non-hydrogen) atoms. The largest absolute Gasteiger partial charge is 0.327 e. The molecule has 0 aromatic heterocycles. The zero-order chi connectivity index (χ0) is 12.2. The number of hydrogen-bond acceptors (Lipinski definition) is 1. The van der Waals surface area contributed by atoms with E-state index in [4.69, 9.17) is 0 Å². The second-order valence-corrected chi connectivity index (χ2v) is 6.10. The van der Waals surface area contributed by atoms with Crippen molar-refractivity contribution in [2.45, 2.75) is 46.5 Å². The number of hydrogen-bond donors (Lipinski definition) is 0. The van der Waals surface area contributed by atoms with E-state index in [2.05, 4.69) is 20.8 Å². The Hall–Kier alpha value is -0.730. The number of carbonyl (C=O) groups excluding carboxylic acids is 1. The molecule has 1 heterocycles. The lowest BCUT2D eigenvalue weighted by Crippen LogP contribution is -2.44. The molecule has 0 aromatic carbocycles. The van der Waals surface area contributed by atoms with Crippen molar-refractivity contribution in [3.05, 3.63) is 0 Å². The molecule has 2 amide bonds. The van der Waals surface area contributed by atoms with E-state index in [0.29, 0.717) is 0 Å². The summed E-state index contributed by atoms with van der Waals surface area (Å²) in [4.78, 5) is 16.1. The van der Waals surface area contributed by atoms with Gasteiger partial charge in [-0.2, -0.15) is 0 Å². The molecule has 1 saturated heterocycles. The summed E-state index contributed by atoms with van der Waals surface area (Å²) in [6, 6.07) is 0.205. The molecular weight excluding hydrogens is 200 g/mol. The van der Waals surface area contributed by atoms with E-state index in [1.54, 1.807) is 0 Å². The molecule has 1 aliphatic heterocycles. The minimum atomic E-state index is 0.177. The van der Waals surface area contributed by atoms with Gasteiger partial charge in [0.25, 0.3) is 0 Å². The highest BCUT2D eigenvalue weighted by Gasteiger charge is 2.22. The van der Waals surface area contributed by atoms with Gasteiger partial charge in [-0.15, -0.1) is 0 Å². The Morgan fingerprint density at radius 3 is 2.06 bits per heavy atom. The van der Waals surface area contributed by atoms with Crippen LogP contribution in [0.15, 0.2) is 0 Å². The summed E-state index contributed by atoms with van der Waals surface area (Å²) in [5.74, 6) is 0. The third-order valence-corrected chi connectivity index (χ3v) is 2.91. The molecule has 0 spiro atoms. The van der Waals surface area contributed by atoms with Gasteiger partial charge in [0.1, 0.15) is 0 Å². The number of likely N-dealkylation sites (tertiary alicyclic amines) is 1. The smallest absolute Gasteiger partial charge is 0.319 e. The van der Waals surface area contributed by atoms with Crippen LogP contribution in [0, 0.1) is 5.41 Å². The fourth-order valence-corrected chi connectivity index (χ4v) is 2.28. The van der Waals surface area contributed by atoms with Gasteiger partial charge in [-0.1, -0.05) is 33.6 Å². The summed E-state index contributed by atoms with van der Waals surface area (Å²) in [7, 11) is 1.92. The molecule has 1 aliphatic rings. The minimum Gasteiger partial charge on any atom is -0.327 e. The Balaban J connectivity index is 2.48. The molecule has 0 aliphatic carbocycles. The van der Waals surface area contributed by atoms with Crippen molar-refractivity contribution < 1.29 is 4.79 Å².